The Labute approximate surface area is 120 Å². The van der Waals surface area contributed by atoms with Gasteiger partial charge in [-0.1, -0.05) is 38.1 Å². The van der Waals surface area contributed by atoms with E-state index < -0.39 is 0 Å². The predicted octanol–water partition coefficient (Wildman–Crippen LogP) is 2.93. The number of hydrogen-bond acceptors (Lipinski definition) is 4. The maximum absolute atomic E-state index is 4.23. The number of hydrogen-bond donors (Lipinski definition) is 1. The molecule has 0 radical (unpaired) electrons. The van der Waals surface area contributed by atoms with Crippen LogP contribution in [0.5, 0.6) is 0 Å². The highest BCUT2D eigenvalue weighted by Crippen LogP contribution is 2.13. The molecule has 0 aliphatic heterocycles. The number of anilines is 1. The molecule has 0 atom stereocenters. The lowest BCUT2D eigenvalue weighted by Crippen LogP contribution is -2.23. The van der Waals surface area contributed by atoms with Crippen molar-refractivity contribution in [2.75, 3.05) is 18.4 Å². The second-order valence-electron chi connectivity index (χ2n) is 4.67. The number of nitrogens with one attached hydrogen (secondary N) is 1. The third-order valence-electron chi connectivity index (χ3n) is 3.43. The monoisotopic (exact) mass is 270 g/mol. The summed E-state index contributed by atoms with van der Waals surface area (Å²) < 4.78 is 0. The van der Waals surface area contributed by atoms with Gasteiger partial charge in [0.15, 0.2) is 0 Å². The summed E-state index contributed by atoms with van der Waals surface area (Å²) in [4.78, 5) is 10.7. The van der Waals surface area contributed by atoms with Crippen molar-refractivity contribution < 1.29 is 0 Å². The predicted molar refractivity (Wildman–Crippen MR) is 82.4 cm³/mol. The molecule has 20 heavy (non-hydrogen) atoms. The molecule has 0 spiro atoms. The summed E-state index contributed by atoms with van der Waals surface area (Å²) >= 11 is 0. The largest absolute Gasteiger partial charge is 0.365 e. The molecule has 0 amide bonds. The Hall–Kier alpha value is -1.94. The van der Waals surface area contributed by atoms with E-state index in [2.05, 4.69) is 58.3 Å². The summed E-state index contributed by atoms with van der Waals surface area (Å²) in [6.07, 6.45) is 5.12. The quantitative estimate of drug-likeness (QED) is 0.840. The van der Waals surface area contributed by atoms with E-state index in [-0.39, 0.29) is 0 Å². The van der Waals surface area contributed by atoms with Crippen molar-refractivity contribution in [2.24, 2.45) is 0 Å². The second kappa shape index (κ2) is 7.60. The molecule has 0 unspecified atom stereocenters. The van der Waals surface area contributed by atoms with Crippen molar-refractivity contribution in [1.82, 2.24) is 14.9 Å². The molecule has 0 aliphatic carbocycles. The Kier molecular flexibility index (Phi) is 5.50. The van der Waals surface area contributed by atoms with Gasteiger partial charge in [-0.3, -0.25) is 9.88 Å². The minimum atomic E-state index is 0.774. The van der Waals surface area contributed by atoms with E-state index >= 15 is 0 Å². The van der Waals surface area contributed by atoms with Gasteiger partial charge in [-0.05, 0) is 24.2 Å². The van der Waals surface area contributed by atoms with E-state index in [0.717, 1.165) is 32.0 Å². The highest BCUT2D eigenvalue weighted by atomic mass is 15.1. The third-order valence-corrected chi connectivity index (χ3v) is 3.43. The van der Waals surface area contributed by atoms with Gasteiger partial charge in [0.2, 0.25) is 0 Å². The lowest BCUT2D eigenvalue weighted by Gasteiger charge is -2.20. The van der Waals surface area contributed by atoms with Crippen molar-refractivity contribution >= 4 is 5.82 Å². The minimum Gasteiger partial charge on any atom is -0.365 e. The molecule has 4 nitrogen and oxygen atoms in total. The van der Waals surface area contributed by atoms with E-state index in [9.17, 15) is 0 Å². The molecule has 0 fully saturated rings. The van der Waals surface area contributed by atoms with Crippen LogP contribution in [0.25, 0.3) is 0 Å². The zero-order valence-corrected chi connectivity index (χ0v) is 12.2. The van der Waals surface area contributed by atoms with Gasteiger partial charge < -0.3 is 5.32 Å². The average molecular weight is 270 g/mol. The molecule has 1 heterocycles. The van der Waals surface area contributed by atoms with Crippen LogP contribution in [0.4, 0.5) is 5.82 Å². The molecule has 106 valence electrons. The zero-order chi connectivity index (χ0) is 14.2. The van der Waals surface area contributed by atoms with E-state index in [0.29, 0.717) is 0 Å². The van der Waals surface area contributed by atoms with Crippen molar-refractivity contribution in [3.8, 4) is 0 Å². The topological polar surface area (TPSA) is 41.0 Å². The molecular formula is C16H22N4. The molecule has 0 saturated carbocycles. The van der Waals surface area contributed by atoms with Crippen LogP contribution < -0.4 is 5.32 Å². The highest BCUT2D eigenvalue weighted by Gasteiger charge is 2.06. The number of benzene rings is 1. The summed E-state index contributed by atoms with van der Waals surface area (Å²) in [7, 11) is 0. The Morgan fingerprint density at radius 2 is 1.80 bits per heavy atom. The Morgan fingerprint density at radius 1 is 1.05 bits per heavy atom. The number of aromatic nitrogens is 2. The first-order chi connectivity index (χ1) is 9.83. The van der Waals surface area contributed by atoms with Gasteiger partial charge in [-0.15, -0.1) is 0 Å². The molecule has 0 aliphatic rings. The van der Waals surface area contributed by atoms with Crippen molar-refractivity contribution in [2.45, 2.75) is 26.9 Å². The number of rotatable bonds is 7. The summed E-state index contributed by atoms with van der Waals surface area (Å²) in [6, 6.07) is 8.55. The van der Waals surface area contributed by atoms with Gasteiger partial charge in [-0.2, -0.15) is 0 Å². The summed E-state index contributed by atoms with van der Waals surface area (Å²) in [5, 5.41) is 3.32. The molecule has 0 saturated heterocycles. The van der Waals surface area contributed by atoms with Crippen LogP contribution in [0.2, 0.25) is 0 Å². The van der Waals surface area contributed by atoms with Crippen molar-refractivity contribution in [3.63, 3.8) is 0 Å². The molecular weight excluding hydrogens is 248 g/mol. The first-order valence-electron chi connectivity index (χ1n) is 7.12. The van der Waals surface area contributed by atoms with Crippen LogP contribution in [0.1, 0.15) is 25.0 Å². The molecule has 0 bridgehead atoms. The van der Waals surface area contributed by atoms with Crippen LogP contribution in [0.3, 0.4) is 0 Å². The van der Waals surface area contributed by atoms with Gasteiger partial charge in [0.25, 0.3) is 0 Å². The fourth-order valence-electron chi connectivity index (χ4n) is 2.15. The Bertz CT molecular complexity index is 509. The molecule has 2 aromatic rings. The van der Waals surface area contributed by atoms with E-state index in [1.165, 1.54) is 11.1 Å². The second-order valence-corrected chi connectivity index (χ2v) is 4.67. The maximum atomic E-state index is 4.23. The van der Waals surface area contributed by atoms with Crippen LogP contribution in [-0.2, 0) is 13.1 Å². The maximum Gasteiger partial charge on any atom is 0.144 e. The van der Waals surface area contributed by atoms with Gasteiger partial charge in [0.05, 0.1) is 6.20 Å². The van der Waals surface area contributed by atoms with Crippen molar-refractivity contribution in [3.05, 3.63) is 54.0 Å². The highest BCUT2D eigenvalue weighted by molar-refractivity contribution is 5.35. The van der Waals surface area contributed by atoms with Crippen molar-refractivity contribution in [1.29, 1.82) is 0 Å². The zero-order valence-electron chi connectivity index (χ0n) is 12.2. The first kappa shape index (κ1) is 14.5. The summed E-state index contributed by atoms with van der Waals surface area (Å²) in [5.74, 6) is 0.810. The molecule has 1 N–H and O–H groups in total. The Morgan fingerprint density at radius 3 is 2.45 bits per heavy atom. The van der Waals surface area contributed by atoms with E-state index in [1.54, 1.807) is 18.6 Å². The molecule has 1 aromatic heterocycles. The SMILES string of the molecule is CCN(CC)Cc1ccccc1CNc1cnccn1. The third kappa shape index (κ3) is 4.03. The lowest BCUT2D eigenvalue weighted by atomic mass is 10.1. The molecule has 2 rings (SSSR count). The van der Waals surface area contributed by atoms with Gasteiger partial charge in [-0.25, -0.2) is 4.98 Å². The fraction of sp³-hybridized carbons (Fsp3) is 0.375. The van der Waals surface area contributed by atoms with Gasteiger partial charge in [0.1, 0.15) is 5.82 Å². The molecule has 1 aromatic carbocycles. The average Bonchev–Trinajstić information content (AvgIpc) is 2.52. The molecule has 4 heteroatoms. The minimum absolute atomic E-state index is 0.774. The Balaban J connectivity index is 2.04. The van der Waals surface area contributed by atoms with Crippen LogP contribution in [0.15, 0.2) is 42.9 Å². The normalized spacial score (nSPS) is 10.8. The van der Waals surface area contributed by atoms with E-state index in [1.807, 2.05) is 0 Å². The van der Waals surface area contributed by atoms with E-state index in [4.69, 9.17) is 0 Å². The standard InChI is InChI=1S/C16H22N4/c1-3-20(4-2)13-15-8-6-5-7-14(15)11-19-16-12-17-9-10-18-16/h5-10,12H,3-4,11,13H2,1-2H3,(H,18,19). The smallest absolute Gasteiger partial charge is 0.144 e. The summed E-state index contributed by atoms with van der Waals surface area (Å²) in [5.41, 5.74) is 2.68. The van der Waals surface area contributed by atoms with Crippen LogP contribution >= 0.6 is 0 Å². The van der Waals surface area contributed by atoms with Crippen LogP contribution in [-0.4, -0.2) is 28.0 Å². The number of nitrogens with zero attached hydrogens (tertiary/aromatic N) is 3. The van der Waals surface area contributed by atoms with Gasteiger partial charge >= 0.3 is 0 Å². The first-order valence-corrected chi connectivity index (χ1v) is 7.12. The van der Waals surface area contributed by atoms with Crippen LogP contribution in [0, 0.1) is 0 Å². The fourth-order valence-corrected chi connectivity index (χ4v) is 2.15. The van der Waals surface area contributed by atoms with Gasteiger partial charge in [0, 0.05) is 25.5 Å². The summed E-state index contributed by atoms with van der Waals surface area (Å²) in [6.45, 7) is 8.31. The lowest BCUT2D eigenvalue weighted by molar-refractivity contribution is 0.295.